The highest BCUT2D eigenvalue weighted by molar-refractivity contribution is 6.07. The van der Waals surface area contributed by atoms with E-state index >= 15 is 0 Å². The van der Waals surface area contributed by atoms with Gasteiger partial charge in [-0.2, -0.15) is 9.98 Å². The minimum absolute atomic E-state index is 0.322. The van der Waals surface area contributed by atoms with E-state index in [1.54, 1.807) is 54.2 Å². The van der Waals surface area contributed by atoms with Crippen LogP contribution >= 0.6 is 0 Å². The van der Waals surface area contributed by atoms with Crippen LogP contribution in [-0.4, -0.2) is 66.5 Å². The Morgan fingerprint density at radius 1 is 0.857 bits per heavy atom. The quantitative estimate of drug-likeness (QED) is 0.845. The van der Waals surface area contributed by atoms with Gasteiger partial charge in [-0.1, -0.05) is 0 Å². The fourth-order valence-corrected chi connectivity index (χ4v) is 1.42. The van der Waals surface area contributed by atoms with E-state index in [0.29, 0.717) is 22.8 Å². The predicted octanol–water partition coefficient (Wildman–Crippen LogP) is 2.00. The molecule has 0 aliphatic carbocycles. The number of aliphatic imine (C=N–C) groups is 2. The van der Waals surface area contributed by atoms with Crippen molar-refractivity contribution < 1.29 is 9.59 Å². The lowest BCUT2D eigenvalue weighted by atomic mass is 10.3. The molecule has 21 heavy (non-hydrogen) atoms. The third-order valence-corrected chi connectivity index (χ3v) is 2.76. The van der Waals surface area contributed by atoms with Crippen molar-refractivity contribution in [1.82, 2.24) is 14.8 Å². The monoisotopic (exact) mass is 291 g/mol. The number of H-pyrrole nitrogens is 1. The minimum Gasteiger partial charge on any atom is -0.353 e. The molecule has 0 aliphatic heterocycles. The van der Waals surface area contributed by atoms with Crippen molar-refractivity contribution in [1.29, 1.82) is 0 Å². The van der Waals surface area contributed by atoms with Crippen molar-refractivity contribution in [3.8, 4) is 0 Å². The van der Waals surface area contributed by atoms with Gasteiger partial charge in [-0.3, -0.25) is 0 Å². The number of aromatic nitrogens is 1. The van der Waals surface area contributed by atoms with E-state index < -0.39 is 0 Å². The molecule has 4 amide bonds. The van der Waals surface area contributed by atoms with E-state index in [0.717, 1.165) is 0 Å². The number of nitrogens with one attached hydrogen (secondary N) is 1. The Balaban J connectivity index is 2.96. The summed E-state index contributed by atoms with van der Waals surface area (Å²) in [6, 6.07) is 2.96. The maximum atomic E-state index is 11.5. The van der Waals surface area contributed by atoms with E-state index in [4.69, 9.17) is 0 Å². The van der Waals surface area contributed by atoms with Crippen molar-refractivity contribution in [2.45, 2.75) is 13.8 Å². The van der Waals surface area contributed by atoms with Gasteiger partial charge < -0.3 is 14.8 Å². The van der Waals surface area contributed by atoms with Gasteiger partial charge in [0.05, 0.1) is 22.8 Å². The first-order chi connectivity index (χ1) is 9.72. The first kappa shape index (κ1) is 16.6. The van der Waals surface area contributed by atoms with Gasteiger partial charge >= 0.3 is 12.1 Å². The van der Waals surface area contributed by atoms with Gasteiger partial charge in [0, 0.05) is 28.2 Å². The third kappa shape index (κ3) is 4.55. The molecular formula is C14H21N5O2. The number of nitrogens with zero attached hydrogens (tertiary/aromatic N) is 4. The largest absolute Gasteiger partial charge is 0.353 e. The second-order valence-electron chi connectivity index (χ2n) is 5.03. The number of carbonyl (C=O) groups excluding carboxylic acids is 2. The van der Waals surface area contributed by atoms with E-state index in [2.05, 4.69) is 15.0 Å². The fourth-order valence-electron chi connectivity index (χ4n) is 1.42. The third-order valence-electron chi connectivity index (χ3n) is 2.76. The highest BCUT2D eigenvalue weighted by atomic mass is 16.2. The molecule has 114 valence electrons. The molecule has 0 unspecified atom stereocenters. The topological polar surface area (TPSA) is 81.1 Å². The summed E-state index contributed by atoms with van der Waals surface area (Å²) in [5.74, 6) is 0. The van der Waals surface area contributed by atoms with Crippen LogP contribution in [0.4, 0.5) is 9.59 Å². The number of hydrogen-bond donors (Lipinski definition) is 1. The molecule has 7 nitrogen and oxygen atoms in total. The Morgan fingerprint density at radius 2 is 1.19 bits per heavy atom. The van der Waals surface area contributed by atoms with Crippen LogP contribution in [0.15, 0.2) is 22.1 Å². The first-order valence-corrected chi connectivity index (χ1v) is 6.45. The van der Waals surface area contributed by atoms with Crippen LogP contribution in [0.2, 0.25) is 0 Å². The van der Waals surface area contributed by atoms with Crippen LogP contribution in [-0.2, 0) is 0 Å². The smallest absolute Gasteiger partial charge is 0.343 e. The lowest BCUT2D eigenvalue weighted by Gasteiger charge is -2.06. The zero-order chi connectivity index (χ0) is 16.2. The van der Waals surface area contributed by atoms with Gasteiger partial charge in [-0.15, -0.1) is 0 Å². The standard InChI is InChI=1S/C14H21N5O2/c1-9(15-13(20)18(3)4)11-7-8-12(17-11)10(2)16-14(21)19(5)6/h7-8,17H,1-6H3/b15-9+,16-10+. The molecule has 0 saturated carbocycles. The Kier molecular flexibility index (Phi) is 5.40. The first-order valence-electron chi connectivity index (χ1n) is 6.45. The average Bonchev–Trinajstić information content (AvgIpc) is 2.87. The summed E-state index contributed by atoms with van der Waals surface area (Å²) in [5, 5.41) is 0. The van der Waals surface area contributed by atoms with E-state index in [9.17, 15) is 9.59 Å². The van der Waals surface area contributed by atoms with Crippen LogP contribution in [0.25, 0.3) is 0 Å². The summed E-state index contributed by atoms with van der Waals surface area (Å²) < 4.78 is 0. The van der Waals surface area contributed by atoms with Crippen LogP contribution in [0.5, 0.6) is 0 Å². The van der Waals surface area contributed by atoms with Gasteiger partial charge in [-0.05, 0) is 26.0 Å². The van der Waals surface area contributed by atoms with Crippen molar-refractivity contribution in [3.05, 3.63) is 23.5 Å². The predicted molar refractivity (Wildman–Crippen MR) is 83.4 cm³/mol. The van der Waals surface area contributed by atoms with Crippen LogP contribution in [0, 0.1) is 0 Å². The lowest BCUT2D eigenvalue weighted by molar-refractivity contribution is 0.226. The van der Waals surface area contributed by atoms with E-state index in [1.165, 1.54) is 9.80 Å². The summed E-state index contributed by atoms with van der Waals surface area (Å²) in [4.78, 5) is 36.9. The van der Waals surface area contributed by atoms with Crippen LogP contribution < -0.4 is 0 Å². The molecule has 0 fully saturated rings. The molecule has 7 heteroatoms. The Bertz CT molecular complexity index is 546. The highest BCUT2D eigenvalue weighted by Crippen LogP contribution is 2.06. The van der Waals surface area contributed by atoms with Gasteiger partial charge in [0.2, 0.25) is 0 Å². The Morgan fingerprint density at radius 3 is 1.48 bits per heavy atom. The summed E-state index contributed by atoms with van der Waals surface area (Å²) in [5.41, 5.74) is 2.58. The minimum atomic E-state index is -0.322. The fraction of sp³-hybridized carbons (Fsp3) is 0.429. The van der Waals surface area contributed by atoms with Crippen LogP contribution in [0.3, 0.4) is 0 Å². The Hall–Kier alpha value is -2.44. The van der Waals surface area contributed by atoms with Crippen molar-refractivity contribution in [2.75, 3.05) is 28.2 Å². The van der Waals surface area contributed by atoms with Crippen molar-refractivity contribution in [2.24, 2.45) is 9.98 Å². The second-order valence-corrected chi connectivity index (χ2v) is 5.03. The molecular weight excluding hydrogens is 270 g/mol. The maximum Gasteiger partial charge on any atom is 0.343 e. The molecule has 0 radical (unpaired) electrons. The van der Waals surface area contributed by atoms with Gasteiger partial charge in [0.25, 0.3) is 0 Å². The second kappa shape index (κ2) is 6.83. The SMILES string of the molecule is C/C(=N\C(=O)N(C)C)c1ccc(/C(C)=N/C(=O)N(C)C)[nH]1. The molecule has 1 N–H and O–H groups in total. The normalized spacial score (nSPS) is 12.3. The number of aromatic amines is 1. The lowest BCUT2D eigenvalue weighted by Crippen LogP contribution is -2.19. The zero-order valence-corrected chi connectivity index (χ0v) is 13.3. The highest BCUT2D eigenvalue weighted by Gasteiger charge is 2.09. The number of rotatable bonds is 2. The van der Waals surface area contributed by atoms with Crippen molar-refractivity contribution in [3.63, 3.8) is 0 Å². The summed E-state index contributed by atoms with van der Waals surface area (Å²) in [7, 11) is 6.57. The van der Waals surface area contributed by atoms with Crippen LogP contribution in [0.1, 0.15) is 25.2 Å². The number of amides is 4. The van der Waals surface area contributed by atoms with Gasteiger partial charge in [0.15, 0.2) is 0 Å². The van der Waals surface area contributed by atoms with E-state index in [1.807, 2.05) is 0 Å². The number of urea groups is 2. The molecule has 1 aromatic rings. The molecule has 0 saturated heterocycles. The zero-order valence-electron chi connectivity index (χ0n) is 13.3. The molecule has 1 rings (SSSR count). The molecule has 0 aromatic carbocycles. The Labute approximate surface area is 124 Å². The molecule has 0 spiro atoms. The van der Waals surface area contributed by atoms with Gasteiger partial charge in [-0.25, -0.2) is 9.59 Å². The van der Waals surface area contributed by atoms with Gasteiger partial charge in [0.1, 0.15) is 0 Å². The molecule has 0 atom stereocenters. The maximum absolute atomic E-state index is 11.5. The van der Waals surface area contributed by atoms with Crippen molar-refractivity contribution >= 4 is 23.5 Å². The average molecular weight is 291 g/mol. The molecule has 1 aromatic heterocycles. The summed E-state index contributed by atoms with van der Waals surface area (Å²) >= 11 is 0. The summed E-state index contributed by atoms with van der Waals surface area (Å²) in [6.07, 6.45) is 0. The number of hydrogen-bond acceptors (Lipinski definition) is 2. The molecule has 0 bridgehead atoms. The molecule has 0 aliphatic rings. The molecule has 1 heterocycles. The number of carbonyl (C=O) groups is 2. The summed E-state index contributed by atoms with van der Waals surface area (Å²) in [6.45, 7) is 3.49. The van der Waals surface area contributed by atoms with E-state index in [-0.39, 0.29) is 12.1 Å².